The second kappa shape index (κ2) is 6.91. The van der Waals surface area contributed by atoms with E-state index in [9.17, 15) is 9.59 Å². The van der Waals surface area contributed by atoms with Crippen LogP contribution in [-0.2, 0) is 14.3 Å². The van der Waals surface area contributed by atoms with Crippen molar-refractivity contribution in [3.63, 3.8) is 0 Å². The lowest BCUT2D eigenvalue weighted by Gasteiger charge is -2.18. The van der Waals surface area contributed by atoms with Crippen molar-refractivity contribution in [1.82, 2.24) is 9.55 Å². The van der Waals surface area contributed by atoms with Crippen LogP contribution in [0.5, 0.6) is 0 Å². The smallest absolute Gasteiger partial charge is 0.351 e. The first-order chi connectivity index (χ1) is 10.4. The molecule has 3 atom stereocenters. The Morgan fingerprint density at radius 1 is 1.50 bits per heavy atom. The molecule has 0 bridgehead atoms. The zero-order valence-corrected chi connectivity index (χ0v) is 13.2. The fourth-order valence-corrected chi connectivity index (χ4v) is 2.24. The molecule has 0 radical (unpaired) electrons. The van der Waals surface area contributed by atoms with E-state index in [1.165, 1.54) is 4.57 Å². The molecule has 1 aromatic heterocycles. The predicted octanol–water partition coefficient (Wildman–Crippen LogP) is 1.34. The topological polar surface area (TPSA) is 96.4 Å². The largest absolute Gasteiger partial charge is 0.463 e. The molecule has 122 valence electrons. The van der Waals surface area contributed by atoms with Gasteiger partial charge in [-0.05, 0) is 24.8 Å². The predicted molar refractivity (Wildman–Crippen MR) is 81.0 cm³/mol. The van der Waals surface area contributed by atoms with E-state index in [2.05, 4.69) is 4.98 Å². The van der Waals surface area contributed by atoms with Gasteiger partial charge in [0, 0.05) is 6.20 Å². The summed E-state index contributed by atoms with van der Waals surface area (Å²) in [5.74, 6) is 0.0751. The minimum absolute atomic E-state index is 0.138. The fraction of sp³-hybridized carbons (Fsp3) is 0.667. The molecule has 0 saturated carbocycles. The first-order valence-corrected chi connectivity index (χ1v) is 7.55. The van der Waals surface area contributed by atoms with Gasteiger partial charge in [-0.1, -0.05) is 20.8 Å². The normalized spacial score (nSPS) is 22.7. The number of carbonyl (C=O) groups excluding carboxylic acids is 1. The molecule has 1 aliphatic heterocycles. The Bertz CT molecular complexity index is 584. The van der Waals surface area contributed by atoms with Gasteiger partial charge in [-0.3, -0.25) is 9.36 Å². The minimum atomic E-state index is -0.434. The molecule has 22 heavy (non-hydrogen) atoms. The van der Waals surface area contributed by atoms with E-state index < -0.39 is 5.69 Å². The molecule has 7 heteroatoms. The monoisotopic (exact) mass is 309 g/mol. The van der Waals surface area contributed by atoms with Crippen molar-refractivity contribution in [3.05, 3.63) is 22.7 Å². The number of aromatic nitrogens is 2. The van der Waals surface area contributed by atoms with Gasteiger partial charge in [-0.2, -0.15) is 4.98 Å². The molecule has 2 heterocycles. The van der Waals surface area contributed by atoms with Gasteiger partial charge >= 0.3 is 11.7 Å². The van der Waals surface area contributed by atoms with Crippen LogP contribution in [0.1, 0.15) is 39.8 Å². The number of nitrogens with two attached hydrogens (primary N) is 1. The van der Waals surface area contributed by atoms with E-state index in [4.69, 9.17) is 15.2 Å². The Hall–Kier alpha value is -1.89. The number of carbonyl (C=O) groups is 1. The maximum atomic E-state index is 11.8. The molecule has 3 unspecified atom stereocenters. The van der Waals surface area contributed by atoms with Crippen LogP contribution in [0.2, 0.25) is 0 Å². The summed E-state index contributed by atoms with van der Waals surface area (Å²) in [4.78, 5) is 27.3. The maximum Gasteiger partial charge on any atom is 0.351 e. The Labute approximate surface area is 129 Å². The number of hydrogen-bond donors (Lipinski definition) is 1. The van der Waals surface area contributed by atoms with Crippen molar-refractivity contribution in [2.24, 2.45) is 11.8 Å². The summed E-state index contributed by atoms with van der Waals surface area (Å²) >= 11 is 0. The maximum absolute atomic E-state index is 11.8. The Morgan fingerprint density at radius 2 is 2.23 bits per heavy atom. The summed E-state index contributed by atoms with van der Waals surface area (Å²) in [6.45, 7) is 6.03. The number of nitrogens with zero attached hydrogens (tertiary/aromatic N) is 2. The number of hydrogen-bond acceptors (Lipinski definition) is 6. The number of rotatable bonds is 5. The molecular weight excluding hydrogens is 286 g/mol. The highest BCUT2D eigenvalue weighted by atomic mass is 16.6. The summed E-state index contributed by atoms with van der Waals surface area (Å²) < 4.78 is 12.5. The standard InChI is InChI=1S/C15H23N3O4/c1-9(2)10(3)14(19)21-8-11-4-5-13(22-11)18-7-6-12(16)17-15(18)20/h6-7,9-11,13H,4-5,8H2,1-3H3,(H2,16,17,20). The molecule has 0 aromatic carbocycles. The van der Waals surface area contributed by atoms with Gasteiger partial charge < -0.3 is 15.2 Å². The molecule has 1 aromatic rings. The van der Waals surface area contributed by atoms with Crippen LogP contribution in [0.4, 0.5) is 5.82 Å². The van der Waals surface area contributed by atoms with Gasteiger partial charge in [0.1, 0.15) is 18.7 Å². The van der Waals surface area contributed by atoms with Crippen molar-refractivity contribution >= 4 is 11.8 Å². The molecule has 1 saturated heterocycles. The zero-order valence-electron chi connectivity index (χ0n) is 13.2. The van der Waals surface area contributed by atoms with Gasteiger partial charge in [0.2, 0.25) is 0 Å². The van der Waals surface area contributed by atoms with E-state index in [-0.39, 0.29) is 42.6 Å². The second-order valence-electron chi connectivity index (χ2n) is 6.00. The number of nitrogen functional groups attached to an aromatic ring is 1. The van der Waals surface area contributed by atoms with Crippen LogP contribution in [0.3, 0.4) is 0 Å². The first-order valence-electron chi connectivity index (χ1n) is 7.55. The van der Waals surface area contributed by atoms with E-state index in [1.54, 1.807) is 12.3 Å². The molecule has 2 rings (SSSR count). The average Bonchev–Trinajstić information content (AvgIpc) is 2.92. The third-order valence-corrected chi connectivity index (χ3v) is 4.03. The highest BCUT2D eigenvalue weighted by Crippen LogP contribution is 2.27. The summed E-state index contributed by atoms with van der Waals surface area (Å²) in [7, 11) is 0. The van der Waals surface area contributed by atoms with Crippen molar-refractivity contribution in [3.8, 4) is 0 Å². The highest BCUT2D eigenvalue weighted by Gasteiger charge is 2.29. The Kier molecular flexibility index (Phi) is 5.18. The molecule has 1 aliphatic rings. The van der Waals surface area contributed by atoms with Gasteiger partial charge in [-0.15, -0.1) is 0 Å². The molecule has 2 N–H and O–H groups in total. The van der Waals surface area contributed by atoms with Crippen molar-refractivity contribution in [1.29, 1.82) is 0 Å². The number of anilines is 1. The number of esters is 1. The molecule has 1 fully saturated rings. The van der Waals surface area contributed by atoms with E-state index in [0.717, 1.165) is 6.42 Å². The number of ether oxygens (including phenoxy) is 2. The van der Waals surface area contributed by atoms with Crippen LogP contribution >= 0.6 is 0 Å². The van der Waals surface area contributed by atoms with E-state index >= 15 is 0 Å². The molecule has 7 nitrogen and oxygen atoms in total. The minimum Gasteiger partial charge on any atom is -0.463 e. The lowest BCUT2D eigenvalue weighted by atomic mass is 9.99. The molecular formula is C15H23N3O4. The lowest BCUT2D eigenvalue weighted by Crippen LogP contribution is -2.28. The third kappa shape index (κ3) is 3.85. The second-order valence-corrected chi connectivity index (χ2v) is 6.00. The molecule has 0 amide bonds. The SMILES string of the molecule is CC(C)C(C)C(=O)OCC1CCC(n2ccc(N)nc2=O)O1. The zero-order chi connectivity index (χ0) is 16.3. The van der Waals surface area contributed by atoms with Crippen LogP contribution < -0.4 is 11.4 Å². The molecule has 0 spiro atoms. The summed E-state index contributed by atoms with van der Waals surface area (Å²) in [6.07, 6.45) is 2.40. The summed E-state index contributed by atoms with van der Waals surface area (Å²) in [5, 5.41) is 0. The van der Waals surface area contributed by atoms with Crippen LogP contribution in [0.15, 0.2) is 17.1 Å². The lowest BCUT2D eigenvalue weighted by molar-refractivity contribution is -0.154. The Morgan fingerprint density at radius 3 is 2.86 bits per heavy atom. The van der Waals surface area contributed by atoms with Crippen LogP contribution in [0, 0.1) is 11.8 Å². The summed E-state index contributed by atoms with van der Waals surface area (Å²) in [6, 6.07) is 1.56. The van der Waals surface area contributed by atoms with Gasteiger partial charge in [0.05, 0.1) is 12.0 Å². The molecule has 0 aliphatic carbocycles. The summed E-state index contributed by atoms with van der Waals surface area (Å²) in [5.41, 5.74) is 5.03. The quantitative estimate of drug-likeness (QED) is 0.824. The first kappa shape index (κ1) is 16.5. The van der Waals surface area contributed by atoms with Crippen LogP contribution in [-0.4, -0.2) is 28.2 Å². The van der Waals surface area contributed by atoms with E-state index in [0.29, 0.717) is 6.42 Å². The van der Waals surface area contributed by atoms with E-state index in [1.807, 2.05) is 20.8 Å². The van der Waals surface area contributed by atoms with Crippen molar-refractivity contribution in [2.45, 2.75) is 45.9 Å². The highest BCUT2D eigenvalue weighted by molar-refractivity contribution is 5.72. The third-order valence-electron chi connectivity index (χ3n) is 4.03. The van der Waals surface area contributed by atoms with Gasteiger partial charge in [-0.25, -0.2) is 4.79 Å². The van der Waals surface area contributed by atoms with Crippen molar-refractivity contribution in [2.75, 3.05) is 12.3 Å². The van der Waals surface area contributed by atoms with Gasteiger partial charge in [0.15, 0.2) is 0 Å². The van der Waals surface area contributed by atoms with Crippen LogP contribution in [0.25, 0.3) is 0 Å². The van der Waals surface area contributed by atoms with Crippen molar-refractivity contribution < 1.29 is 14.3 Å². The average molecular weight is 309 g/mol. The van der Waals surface area contributed by atoms with Gasteiger partial charge in [0.25, 0.3) is 0 Å². The fourth-order valence-electron chi connectivity index (χ4n) is 2.24. The Balaban J connectivity index is 1.88.